The molecule has 5 heteroatoms. The molecule has 0 unspecified atom stereocenters. The third-order valence-electron chi connectivity index (χ3n) is 10.3. The Labute approximate surface area is 319 Å². The van der Waals surface area contributed by atoms with E-state index in [0.29, 0.717) is 5.89 Å². The van der Waals surface area contributed by atoms with Crippen LogP contribution in [0.4, 0.5) is 17.1 Å². The van der Waals surface area contributed by atoms with Crippen molar-refractivity contribution in [1.29, 1.82) is 0 Å². The fourth-order valence-electron chi connectivity index (χ4n) is 7.85. The Hall–Kier alpha value is -6.53. The van der Waals surface area contributed by atoms with Gasteiger partial charge in [0.1, 0.15) is 5.52 Å². The van der Waals surface area contributed by atoms with Crippen molar-refractivity contribution in [3.63, 3.8) is 0 Å². The van der Waals surface area contributed by atoms with Crippen LogP contribution in [-0.2, 0) is 0 Å². The first-order valence-electron chi connectivity index (χ1n) is 18.0. The summed E-state index contributed by atoms with van der Waals surface area (Å²) in [6.07, 6.45) is 0. The summed E-state index contributed by atoms with van der Waals surface area (Å²) in [6.45, 7) is 0. The molecule has 0 N–H and O–H groups in total. The number of aromatic nitrogens is 1. The van der Waals surface area contributed by atoms with Crippen LogP contribution in [0.5, 0.6) is 0 Å². The zero-order chi connectivity index (χ0) is 35.6. The van der Waals surface area contributed by atoms with Crippen LogP contribution in [0.15, 0.2) is 186 Å². The van der Waals surface area contributed by atoms with E-state index >= 15 is 0 Å². The van der Waals surface area contributed by atoms with Gasteiger partial charge in [0.2, 0.25) is 5.89 Å². The second kappa shape index (κ2) is 12.6. The third-order valence-corrected chi connectivity index (χ3v) is 12.6. The van der Waals surface area contributed by atoms with E-state index in [9.17, 15) is 0 Å². The van der Waals surface area contributed by atoms with Gasteiger partial charge in [-0.15, -0.1) is 22.7 Å². The van der Waals surface area contributed by atoms with Gasteiger partial charge in [-0.3, -0.25) is 0 Å². The number of hydrogen-bond donors (Lipinski definition) is 0. The predicted molar refractivity (Wildman–Crippen MR) is 231 cm³/mol. The number of thiophene rings is 2. The van der Waals surface area contributed by atoms with Crippen molar-refractivity contribution in [1.82, 2.24) is 4.98 Å². The van der Waals surface area contributed by atoms with Gasteiger partial charge in [0.05, 0.1) is 5.69 Å². The first kappa shape index (κ1) is 31.0. The van der Waals surface area contributed by atoms with Gasteiger partial charge in [-0.1, -0.05) is 109 Å². The molecule has 11 aromatic rings. The molecule has 0 aliphatic rings. The lowest BCUT2D eigenvalue weighted by atomic mass is 9.94. The highest BCUT2D eigenvalue weighted by molar-refractivity contribution is 7.26. The lowest BCUT2D eigenvalue weighted by molar-refractivity contribution is 0.620. The maximum atomic E-state index is 6.35. The second-order valence-electron chi connectivity index (χ2n) is 13.5. The molecule has 11 rings (SSSR count). The standard InChI is InChI=1S/C49H30N2OS2/c1-3-12-31(13-4-1)36-16-7-8-17-37(36)32-22-24-34(25-23-32)51(40-19-11-21-44-46(40)38-18-9-10-20-42(38)53-44)35-26-28-43-39(30-35)47-45(54-43)29-27-41-48(47)50-49(52-41)33-14-5-2-6-15-33/h1-30H. The Bertz CT molecular complexity index is 3160. The maximum absolute atomic E-state index is 6.35. The number of benzene rings is 8. The molecule has 0 aliphatic heterocycles. The summed E-state index contributed by atoms with van der Waals surface area (Å²) >= 11 is 3.65. The summed E-state index contributed by atoms with van der Waals surface area (Å²) in [6, 6.07) is 65.1. The van der Waals surface area contributed by atoms with Crippen LogP contribution in [0.2, 0.25) is 0 Å². The van der Waals surface area contributed by atoms with E-state index in [4.69, 9.17) is 9.40 Å². The molecule has 54 heavy (non-hydrogen) atoms. The van der Waals surface area contributed by atoms with Crippen LogP contribution in [0.25, 0.3) is 85.2 Å². The summed E-state index contributed by atoms with van der Waals surface area (Å²) in [5.74, 6) is 0.639. The molecule has 3 heterocycles. The second-order valence-corrected chi connectivity index (χ2v) is 15.7. The number of nitrogens with zero attached hydrogens (tertiary/aromatic N) is 2. The van der Waals surface area contributed by atoms with Crippen molar-refractivity contribution >= 4 is 91.2 Å². The van der Waals surface area contributed by atoms with Crippen LogP contribution in [0.3, 0.4) is 0 Å². The number of oxazole rings is 1. The third kappa shape index (κ3) is 5.05. The van der Waals surface area contributed by atoms with Crippen LogP contribution in [-0.4, -0.2) is 4.98 Å². The molecule has 0 saturated carbocycles. The zero-order valence-electron chi connectivity index (χ0n) is 28.9. The molecule has 0 radical (unpaired) electrons. The number of hydrogen-bond acceptors (Lipinski definition) is 5. The molecule has 0 amide bonds. The lowest BCUT2D eigenvalue weighted by Gasteiger charge is -2.27. The van der Waals surface area contributed by atoms with E-state index in [-0.39, 0.29) is 0 Å². The SMILES string of the molecule is c1ccc(-c2nc3c(ccc4sc5ccc(N(c6ccc(-c7ccccc7-c7ccccc7)cc6)c6cccc7sc8ccccc8c67)cc5c43)o2)cc1. The fourth-order valence-corrected chi connectivity index (χ4v) is 10.1. The highest BCUT2D eigenvalue weighted by atomic mass is 32.1. The minimum atomic E-state index is 0.639. The van der Waals surface area contributed by atoms with E-state index in [0.717, 1.165) is 39.1 Å². The summed E-state index contributed by atoms with van der Waals surface area (Å²) in [4.78, 5) is 7.51. The smallest absolute Gasteiger partial charge is 0.227 e. The Balaban J connectivity index is 1.12. The topological polar surface area (TPSA) is 29.3 Å². The van der Waals surface area contributed by atoms with Crippen molar-refractivity contribution in [3.05, 3.63) is 182 Å². The summed E-state index contributed by atoms with van der Waals surface area (Å²) in [5.41, 5.74) is 10.8. The van der Waals surface area contributed by atoms with Gasteiger partial charge < -0.3 is 9.32 Å². The van der Waals surface area contributed by atoms with Crippen LogP contribution >= 0.6 is 22.7 Å². The first-order valence-corrected chi connectivity index (χ1v) is 19.7. The quantitative estimate of drug-likeness (QED) is 0.171. The lowest BCUT2D eigenvalue weighted by Crippen LogP contribution is -2.10. The fraction of sp³-hybridized carbons (Fsp3) is 0. The average Bonchev–Trinajstić information content (AvgIpc) is 3.95. The number of rotatable bonds is 6. The Morgan fingerprint density at radius 3 is 1.80 bits per heavy atom. The van der Waals surface area contributed by atoms with Crippen molar-refractivity contribution < 1.29 is 4.42 Å². The molecule has 0 fully saturated rings. The monoisotopic (exact) mass is 726 g/mol. The van der Waals surface area contributed by atoms with Gasteiger partial charge in [-0.05, 0) is 95.1 Å². The van der Waals surface area contributed by atoms with Crippen molar-refractivity contribution in [3.8, 4) is 33.7 Å². The molecule has 0 bridgehead atoms. The molecule has 0 atom stereocenters. The Morgan fingerprint density at radius 1 is 0.426 bits per heavy atom. The molecule has 254 valence electrons. The zero-order valence-corrected chi connectivity index (χ0v) is 30.6. The molecule has 0 aliphatic carbocycles. The predicted octanol–water partition coefficient (Wildman–Crippen LogP) is 15.0. The molecular weight excluding hydrogens is 697 g/mol. The highest BCUT2D eigenvalue weighted by Gasteiger charge is 2.21. The van der Waals surface area contributed by atoms with Gasteiger partial charge in [0.25, 0.3) is 0 Å². The van der Waals surface area contributed by atoms with E-state index < -0.39 is 0 Å². The van der Waals surface area contributed by atoms with Crippen molar-refractivity contribution in [2.24, 2.45) is 0 Å². The number of fused-ring (bicyclic) bond motifs is 8. The van der Waals surface area contributed by atoms with Crippen molar-refractivity contribution in [2.75, 3.05) is 4.90 Å². The Morgan fingerprint density at radius 2 is 1.02 bits per heavy atom. The van der Waals surface area contributed by atoms with Gasteiger partial charge in [0.15, 0.2) is 5.58 Å². The molecule has 3 nitrogen and oxygen atoms in total. The minimum absolute atomic E-state index is 0.639. The summed E-state index contributed by atoms with van der Waals surface area (Å²) in [7, 11) is 0. The van der Waals surface area contributed by atoms with E-state index in [1.54, 1.807) is 11.3 Å². The summed E-state index contributed by atoms with van der Waals surface area (Å²) < 4.78 is 11.3. The maximum Gasteiger partial charge on any atom is 0.227 e. The average molecular weight is 727 g/mol. The van der Waals surface area contributed by atoms with Gasteiger partial charge in [-0.2, -0.15) is 0 Å². The normalized spacial score (nSPS) is 11.7. The van der Waals surface area contributed by atoms with Gasteiger partial charge >= 0.3 is 0 Å². The largest absolute Gasteiger partial charge is 0.436 e. The van der Waals surface area contributed by atoms with Crippen molar-refractivity contribution in [2.45, 2.75) is 0 Å². The highest BCUT2D eigenvalue weighted by Crippen LogP contribution is 2.47. The first-order chi connectivity index (χ1) is 26.8. The van der Waals surface area contributed by atoms with E-state index in [1.807, 2.05) is 41.7 Å². The number of anilines is 3. The Kier molecular flexibility index (Phi) is 7.22. The molecule has 0 saturated heterocycles. The summed E-state index contributed by atoms with van der Waals surface area (Å²) in [5, 5.41) is 4.84. The van der Waals surface area contributed by atoms with Crippen LogP contribution in [0.1, 0.15) is 0 Å². The van der Waals surface area contributed by atoms with Crippen LogP contribution < -0.4 is 4.90 Å². The van der Waals surface area contributed by atoms with Crippen LogP contribution in [0, 0.1) is 0 Å². The molecule has 8 aromatic carbocycles. The molecule has 0 spiro atoms. The van der Waals surface area contributed by atoms with E-state index in [2.05, 4.69) is 157 Å². The molecule has 3 aromatic heterocycles. The van der Waals surface area contributed by atoms with Gasteiger partial charge in [-0.25, -0.2) is 4.98 Å². The van der Waals surface area contributed by atoms with E-state index in [1.165, 1.54) is 57.2 Å². The van der Waals surface area contributed by atoms with Gasteiger partial charge in [0, 0.05) is 57.3 Å². The minimum Gasteiger partial charge on any atom is -0.436 e. The molecular formula is C49H30N2OS2.